The normalized spacial score (nSPS) is 10.7. The number of nitrogens with zero attached hydrogens (tertiary/aromatic N) is 4. The van der Waals surface area contributed by atoms with Gasteiger partial charge >= 0.3 is 0 Å². The number of rotatable bonds is 3. The van der Waals surface area contributed by atoms with E-state index in [1.807, 2.05) is 47.0 Å². The Labute approximate surface area is 138 Å². The summed E-state index contributed by atoms with van der Waals surface area (Å²) in [4.78, 5) is 4.15. The molecule has 0 spiro atoms. The average molecular weight is 316 g/mol. The molecule has 0 N–H and O–H groups in total. The monoisotopic (exact) mass is 316 g/mol. The molecule has 4 rings (SSSR count). The van der Waals surface area contributed by atoms with Gasteiger partial charge in [0, 0.05) is 29.2 Å². The van der Waals surface area contributed by atoms with Crippen molar-refractivity contribution in [1.29, 1.82) is 0 Å². The molecule has 0 unspecified atom stereocenters. The van der Waals surface area contributed by atoms with Crippen LogP contribution in [0.2, 0.25) is 0 Å². The van der Waals surface area contributed by atoms with Crippen LogP contribution in [0.1, 0.15) is 0 Å². The van der Waals surface area contributed by atoms with Gasteiger partial charge in [0.1, 0.15) is 5.82 Å². The summed E-state index contributed by atoms with van der Waals surface area (Å²) in [6, 6.07) is 19.8. The first-order valence-electron chi connectivity index (χ1n) is 7.50. The highest BCUT2D eigenvalue weighted by molar-refractivity contribution is 5.66. The third-order valence-electron chi connectivity index (χ3n) is 3.70. The van der Waals surface area contributed by atoms with E-state index in [1.165, 1.54) is 12.1 Å². The molecule has 4 aromatic rings. The van der Waals surface area contributed by atoms with Crippen LogP contribution in [0.15, 0.2) is 79.1 Å². The van der Waals surface area contributed by atoms with Crippen molar-refractivity contribution in [2.24, 2.45) is 0 Å². The second-order valence-corrected chi connectivity index (χ2v) is 5.27. The smallest absolute Gasteiger partial charge is 0.170 e. The van der Waals surface area contributed by atoms with Gasteiger partial charge in [-0.1, -0.05) is 30.3 Å². The molecule has 2 aromatic heterocycles. The van der Waals surface area contributed by atoms with Crippen LogP contribution in [0, 0.1) is 5.82 Å². The Hall–Kier alpha value is -3.34. The number of halogens is 1. The van der Waals surface area contributed by atoms with E-state index in [2.05, 4.69) is 15.2 Å². The van der Waals surface area contributed by atoms with E-state index < -0.39 is 0 Å². The van der Waals surface area contributed by atoms with Gasteiger partial charge in [-0.15, -0.1) is 10.2 Å². The van der Waals surface area contributed by atoms with E-state index in [1.54, 1.807) is 24.5 Å². The molecule has 0 amide bonds. The number of hydrogen-bond donors (Lipinski definition) is 0. The molecule has 5 heteroatoms. The van der Waals surface area contributed by atoms with E-state index in [4.69, 9.17) is 0 Å². The topological polar surface area (TPSA) is 43.6 Å². The minimum atomic E-state index is -0.281. The molecule has 0 fully saturated rings. The number of hydrogen-bond acceptors (Lipinski definition) is 3. The lowest BCUT2D eigenvalue weighted by Gasteiger charge is -2.10. The highest BCUT2D eigenvalue weighted by Gasteiger charge is 2.17. The highest BCUT2D eigenvalue weighted by atomic mass is 19.1. The van der Waals surface area contributed by atoms with E-state index in [0.717, 1.165) is 16.8 Å². The van der Waals surface area contributed by atoms with Crippen molar-refractivity contribution in [3.05, 3.63) is 84.9 Å². The van der Waals surface area contributed by atoms with Crippen LogP contribution in [0.5, 0.6) is 0 Å². The van der Waals surface area contributed by atoms with Gasteiger partial charge in [-0.05, 0) is 36.4 Å². The van der Waals surface area contributed by atoms with Gasteiger partial charge in [0.25, 0.3) is 0 Å². The van der Waals surface area contributed by atoms with Crippen LogP contribution in [0.4, 0.5) is 4.39 Å². The van der Waals surface area contributed by atoms with Crippen molar-refractivity contribution >= 4 is 0 Å². The van der Waals surface area contributed by atoms with Crippen LogP contribution < -0.4 is 0 Å². The van der Waals surface area contributed by atoms with Gasteiger partial charge in [-0.2, -0.15) is 0 Å². The lowest BCUT2D eigenvalue weighted by molar-refractivity contribution is 0.627. The lowest BCUT2D eigenvalue weighted by Crippen LogP contribution is -2.00. The van der Waals surface area contributed by atoms with Crippen LogP contribution in [-0.4, -0.2) is 19.7 Å². The van der Waals surface area contributed by atoms with Crippen LogP contribution >= 0.6 is 0 Å². The maximum Gasteiger partial charge on any atom is 0.170 e. The fraction of sp³-hybridized carbons (Fsp3) is 0. The second kappa shape index (κ2) is 6.04. The van der Waals surface area contributed by atoms with Crippen molar-refractivity contribution < 1.29 is 4.39 Å². The zero-order chi connectivity index (χ0) is 16.4. The summed E-state index contributed by atoms with van der Waals surface area (Å²) < 4.78 is 15.2. The minimum Gasteiger partial charge on any atom is -0.275 e. The molecule has 0 atom stereocenters. The second-order valence-electron chi connectivity index (χ2n) is 5.27. The zero-order valence-electron chi connectivity index (χ0n) is 12.7. The van der Waals surface area contributed by atoms with E-state index in [9.17, 15) is 4.39 Å². The summed E-state index contributed by atoms with van der Waals surface area (Å²) in [7, 11) is 0. The van der Waals surface area contributed by atoms with Gasteiger partial charge in [0.15, 0.2) is 11.6 Å². The Morgan fingerprint density at radius 2 is 1.38 bits per heavy atom. The lowest BCUT2D eigenvalue weighted by atomic mass is 10.2. The maximum absolute atomic E-state index is 13.3. The van der Waals surface area contributed by atoms with Crippen LogP contribution in [0.25, 0.3) is 28.5 Å². The molecular weight excluding hydrogens is 303 g/mol. The quantitative estimate of drug-likeness (QED) is 0.570. The average Bonchev–Trinajstić information content (AvgIpc) is 3.09. The Balaban J connectivity index is 1.96. The summed E-state index contributed by atoms with van der Waals surface area (Å²) in [6.45, 7) is 0. The molecular formula is C19H13FN4. The molecule has 2 aromatic carbocycles. The Morgan fingerprint density at radius 1 is 0.708 bits per heavy atom. The fourth-order valence-electron chi connectivity index (χ4n) is 2.58. The van der Waals surface area contributed by atoms with Crippen molar-refractivity contribution in [3.63, 3.8) is 0 Å². The van der Waals surface area contributed by atoms with Crippen LogP contribution in [-0.2, 0) is 0 Å². The van der Waals surface area contributed by atoms with E-state index in [0.29, 0.717) is 11.6 Å². The molecule has 116 valence electrons. The molecule has 0 aliphatic heterocycles. The fourth-order valence-corrected chi connectivity index (χ4v) is 2.58. The summed E-state index contributed by atoms with van der Waals surface area (Å²) in [6.07, 6.45) is 3.44. The molecule has 0 saturated heterocycles. The molecule has 4 nitrogen and oxygen atoms in total. The number of aromatic nitrogens is 4. The molecule has 2 heterocycles. The summed E-state index contributed by atoms with van der Waals surface area (Å²) in [5, 5.41) is 8.69. The Bertz CT molecular complexity index is 891. The largest absolute Gasteiger partial charge is 0.275 e. The Kier molecular flexibility index (Phi) is 3.59. The molecule has 0 saturated carbocycles. The molecule has 0 bridgehead atoms. The molecule has 0 aliphatic rings. The first-order chi connectivity index (χ1) is 11.8. The number of benzene rings is 2. The SMILES string of the molecule is Fc1ccc(-n2c(-c3ccccc3)nnc2-c2cccnc2)cc1. The van der Waals surface area contributed by atoms with Gasteiger partial charge < -0.3 is 0 Å². The first kappa shape index (κ1) is 14.3. The van der Waals surface area contributed by atoms with Crippen molar-refractivity contribution in [2.45, 2.75) is 0 Å². The van der Waals surface area contributed by atoms with Gasteiger partial charge in [-0.3, -0.25) is 9.55 Å². The molecule has 24 heavy (non-hydrogen) atoms. The summed E-state index contributed by atoms with van der Waals surface area (Å²) in [5.41, 5.74) is 2.57. The van der Waals surface area contributed by atoms with Crippen molar-refractivity contribution in [3.8, 4) is 28.5 Å². The minimum absolute atomic E-state index is 0.281. The Morgan fingerprint density at radius 3 is 2.04 bits per heavy atom. The third-order valence-corrected chi connectivity index (χ3v) is 3.70. The summed E-state index contributed by atoms with van der Waals surface area (Å²) >= 11 is 0. The van der Waals surface area contributed by atoms with E-state index in [-0.39, 0.29) is 5.82 Å². The standard InChI is InChI=1S/C19H13FN4/c20-16-8-10-17(11-9-16)24-18(14-5-2-1-3-6-14)22-23-19(24)15-7-4-12-21-13-15/h1-13H. The highest BCUT2D eigenvalue weighted by Crippen LogP contribution is 2.27. The van der Waals surface area contributed by atoms with Gasteiger partial charge in [-0.25, -0.2) is 4.39 Å². The first-order valence-corrected chi connectivity index (χ1v) is 7.50. The third kappa shape index (κ3) is 2.56. The predicted octanol–water partition coefficient (Wildman–Crippen LogP) is 4.14. The zero-order valence-corrected chi connectivity index (χ0v) is 12.7. The predicted molar refractivity (Wildman–Crippen MR) is 90.0 cm³/mol. The van der Waals surface area contributed by atoms with Crippen LogP contribution in [0.3, 0.4) is 0 Å². The number of pyridine rings is 1. The maximum atomic E-state index is 13.3. The van der Waals surface area contributed by atoms with Crippen molar-refractivity contribution in [1.82, 2.24) is 19.7 Å². The van der Waals surface area contributed by atoms with Gasteiger partial charge in [0.2, 0.25) is 0 Å². The summed E-state index contributed by atoms with van der Waals surface area (Å²) in [5.74, 6) is 1.07. The van der Waals surface area contributed by atoms with E-state index >= 15 is 0 Å². The molecule has 0 aliphatic carbocycles. The van der Waals surface area contributed by atoms with Crippen molar-refractivity contribution in [2.75, 3.05) is 0 Å². The van der Waals surface area contributed by atoms with Gasteiger partial charge in [0.05, 0.1) is 0 Å². The molecule has 0 radical (unpaired) electrons.